The quantitative estimate of drug-likeness (QED) is 0.577. The summed E-state index contributed by atoms with van der Waals surface area (Å²) in [7, 11) is 0. The minimum Gasteiger partial charge on any atom is -0.204 e. The molecule has 0 unspecified atom stereocenters. The molecule has 0 atom stereocenters. The zero-order chi connectivity index (χ0) is 8.43. The molecule has 0 saturated heterocycles. The van der Waals surface area contributed by atoms with E-state index in [9.17, 15) is 8.78 Å². The molecule has 60 valence electrons. The van der Waals surface area contributed by atoms with Crippen LogP contribution in [0.25, 0.3) is 0 Å². The highest BCUT2D eigenvalue weighted by Gasteiger charge is 2.08. The number of halogens is 3. The van der Waals surface area contributed by atoms with Crippen LogP contribution in [-0.4, -0.2) is 0 Å². The fourth-order valence-corrected chi connectivity index (χ4v) is 1.18. The summed E-state index contributed by atoms with van der Waals surface area (Å²) in [4.78, 5) is 0. The van der Waals surface area contributed by atoms with Crippen molar-refractivity contribution in [1.82, 2.24) is 0 Å². The van der Waals surface area contributed by atoms with Gasteiger partial charge in [-0.2, -0.15) is 0 Å². The van der Waals surface area contributed by atoms with E-state index in [0.717, 1.165) is 6.07 Å². The molecule has 1 aromatic rings. The number of rotatable bonds is 1. The minimum absolute atomic E-state index is 0.00935. The summed E-state index contributed by atoms with van der Waals surface area (Å²) in [6.45, 7) is 1.69. The molecule has 0 aliphatic carbocycles. The summed E-state index contributed by atoms with van der Waals surface area (Å²) >= 11 is 5.40. The van der Waals surface area contributed by atoms with E-state index in [1.807, 2.05) is 0 Å². The van der Waals surface area contributed by atoms with Gasteiger partial charge in [-0.3, -0.25) is 0 Å². The van der Waals surface area contributed by atoms with Gasteiger partial charge in [0.2, 0.25) is 0 Å². The molecule has 0 aliphatic heterocycles. The number of aryl methyl sites for hydroxylation is 1. The maximum absolute atomic E-state index is 12.8. The zero-order valence-electron chi connectivity index (χ0n) is 6.00. The first-order valence-corrected chi connectivity index (χ1v) is 3.69. The molecule has 0 nitrogen and oxygen atoms in total. The van der Waals surface area contributed by atoms with Gasteiger partial charge < -0.3 is 0 Å². The molecule has 0 N–H and O–H groups in total. The van der Waals surface area contributed by atoms with Crippen LogP contribution in [0.15, 0.2) is 12.1 Å². The summed E-state index contributed by atoms with van der Waals surface area (Å²) in [6.07, 6.45) is 0. The Labute approximate surface area is 68.8 Å². The first-order valence-electron chi connectivity index (χ1n) is 3.16. The van der Waals surface area contributed by atoms with Gasteiger partial charge in [0.15, 0.2) is 11.6 Å². The maximum atomic E-state index is 12.8. The highest BCUT2D eigenvalue weighted by molar-refractivity contribution is 6.17. The van der Waals surface area contributed by atoms with Gasteiger partial charge in [0.05, 0.1) is 5.88 Å². The molecule has 1 aromatic carbocycles. The van der Waals surface area contributed by atoms with Crippen molar-refractivity contribution in [3.8, 4) is 0 Å². The fourth-order valence-electron chi connectivity index (χ4n) is 0.853. The Bertz CT molecular complexity index is 271. The standard InChI is InChI=1S/C8H7ClF2/c1-5-2-3-7(10)8(11)6(5)4-9/h2-3H,4H2,1H3. The zero-order valence-corrected chi connectivity index (χ0v) is 6.75. The van der Waals surface area contributed by atoms with Crippen molar-refractivity contribution in [2.24, 2.45) is 0 Å². The topological polar surface area (TPSA) is 0 Å². The minimum atomic E-state index is -0.841. The van der Waals surface area contributed by atoms with Gasteiger partial charge in [-0.25, -0.2) is 8.78 Å². The Kier molecular flexibility index (Phi) is 2.45. The lowest BCUT2D eigenvalue weighted by Crippen LogP contribution is -1.94. The van der Waals surface area contributed by atoms with Gasteiger partial charge in [0.25, 0.3) is 0 Å². The largest absolute Gasteiger partial charge is 0.204 e. The van der Waals surface area contributed by atoms with Crippen LogP contribution in [0.2, 0.25) is 0 Å². The van der Waals surface area contributed by atoms with Crippen LogP contribution in [0.4, 0.5) is 8.78 Å². The van der Waals surface area contributed by atoms with Crippen molar-refractivity contribution in [1.29, 1.82) is 0 Å². The van der Waals surface area contributed by atoms with E-state index >= 15 is 0 Å². The monoisotopic (exact) mass is 176 g/mol. The lowest BCUT2D eigenvalue weighted by atomic mass is 10.1. The van der Waals surface area contributed by atoms with Crippen molar-refractivity contribution in [2.75, 3.05) is 0 Å². The summed E-state index contributed by atoms with van der Waals surface area (Å²) in [5.41, 5.74) is 0.922. The molecule has 3 heteroatoms. The van der Waals surface area contributed by atoms with Crippen LogP contribution >= 0.6 is 11.6 Å². The fraction of sp³-hybridized carbons (Fsp3) is 0.250. The predicted molar refractivity (Wildman–Crippen MR) is 40.7 cm³/mol. The lowest BCUT2D eigenvalue weighted by molar-refractivity contribution is 0.501. The molecule has 0 saturated carbocycles. The lowest BCUT2D eigenvalue weighted by Gasteiger charge is -2.02. The van der Waals surface area contributed by atoms with Crippen LogP contribution in [0, 0.1) is 18.6 Å². The van der Waals surface area contributed by atoms with Crippen molar-refractivity contribution in [3.63, 3.8) is 0 Å². The molecule has 0 spiro atoms. The van der Waals surface area contributed by atoms with E-state index in [2.05, 4.69) is 0 Å². The van der Waals surface area contributed by atoms with Crippen molar-refractivity contribution in [2.45, 2.75) is 12.8 Å². The average molecular weight is 177 g/mol. The number of benzene rings is 1. The van der Waals surface area contributed by atoms with Gasteiger partial charge >= 0.3 is 0 Å². The molecule has 1 rings (SSSR count). The molecule has 0 fully saturated rings. The average Bonchev–Trinajstić information content (AvgIpc) is 1.99. The molecule has 0 heterocycles. The van der Waals surface area contributed by atoms with Gasteiger partial charge in [-0.1, -0.05) is 6.07 Å². The second-order valence-corrected chi connectivity index (χ2v) is 2.56. The third kappa shape index (κ3) is 1.51. The van der Waals surface area contributed by atoms with E-state index < -0.39 is 11.6 Å². The summed E-state index contributed by atoms with van der Waals surface area (Å²) < 4.78 is 25.3. The molecule has 0 radical (unpaired) electrons. The van der Waals surface area contributed by atoms with Crippen molar-refractivity contribution >= 4 is 11.6 Å². The molecule has 0 aromatic heterocycles. The predicted octanol–water partition coefficient (Wildman–Crippen LogP) is 3.01. The van der Waals surface area contributed by atoms with Gasteiger partial charge in [0, 0.05) is 5.56 Å². The van der Waals surface area contributed by atoms with Crippen LogP contribution in [0.1, 0.15) is 11.1 Å². The smallest absolute Gasteiger partial charge is 0.163 e. The van der Waals surface area contributed by atoms with Gasteiger partial charge in [0.1, 0.15) is 0 Å². The van der Waals surface area contributed by atoms with E-state index in [1.54, 1.807) is 6.92 Å². The second-order valence-electron chi connectivity index (χ2n) is 2.29. The number of hydrogen-bond acceptors (Lipinski definition) is 0. The van der Waals surface area contributed by atoms with Gasteiger partial charge in [-0.05, 0) is 18.6 Å². The van der Waals surface area contributed by atoms with Crippen molar-refractivity contribution in [3.05, 3.63) is 34.9 Å². The molecular formula is C8H7ClF2. The molecule has 0 bridgehead atoms. The normalized spacial score (nSPS) is 10.2. The third-order valence-electron chi connectivity index (χ3n) is 1.56. The van der Waals surface area contributed by atoms with E-state index in [4.69, 9.17) is 11.6 Å². The third-order valence-corrected chi connectivity index (χ3v) is 1.83. The molecule has 0 amide bonds. The molecule has 11 heavy (non-hydrogen) atoms. The van der Waals surface area contributed by atoms with Crippen LogP contribution in [0.3, 0.4) is 0 Å². The Morgan fingerprint density at radius 2 is 2.00 bits per heavy atom. The Balaban J connectivity index is 3.29. The summed E-state index contributed by atoms with van der Waals surface area (Å²) in [5.74, 6) is -1.67. The SMILES string of the molecule is Cc1ccc(F)c(F)c1CCl. The van der Waals surface area contributed by atoms with Crippen LogP contribution < -0.4 is 0 Å². The maximum Gasteiger partial charge on any atom is 0.163 e. The van der Waals surface area contributed by atoms with Crippen molar-refractivity contribution < 1.29 is 8.78 Å². The Morgan fingerprint density at radius 1 is 1.36 bits per heavy atom. The highest BCUT2D eigenvalue weighted by atomic mass is 35.5. The number of hydrogen-bond donors (Lipinski definition) is 0. The molecular weight excluding hydrogens is 170 g/mol. The first-order chi connectivity index (χ1) is 5.16. The Morgan fingerprint density at radius 3 is 2.45 bits per heavy atom. The summed E-state index contributed by atoms with van der Waals surface area (Å²) in [6, 6.07) is 2.61. The number of alkyl halides is 1. The Hall–Kier alpha value is -0.630. The molecule has 0 aliphatic rings. The first kappa shape index (κ1) is 8.47. The van der Waals surface area contributed by atoms with E-state index in [0.29, 0.717) is 5.56 Å². The van der Waals surface area contributed by atoms with Crippen LogP contribution in [0.5, 0.6) is 0 Å². The van der Waals surface area contributed by atoms with E-state index in [-0.39, 0.29) is 11.4 Å². The van der Waals surface area contributed by atoms with Crippen LogP contribution in [-0.2, 0) is 5.88 Å². The highest BCUT2D eigenvalue weighted by Crippen LogP contribution is 2.17. The van der Waals surface area contributed by atoms with Gasteiger partial charge in [-0.15, -0.1) is 11.6 Å². The second kappa shape index (κ2) is 3.18. The van der Waals surface area contributed by atoms with E-state index in [1.165, 1.54) is 6.07 Å². The summed E-state index contributed by atoms with van der Waals surface area (Å²) in [5, 5.41) is 0.